The lowest BCUT2D eigenvalue weighted by Gasteiger charge is -2.12. The molecule has 2 aromatic rings. The highest BCUT2D eigenvalue weighted by atomic mass is 79.9. The van der Waals surface area contributed by atoms with E-state index in [1.165, 1.54) is 0 Å². The van der Waals surface area contributed by atoms with E-state index in [1.54, 1.807) is 48.5 Å². The van der Waals surface area contributed by atoms with Crippen molar-refractivity contribution < 1.29 is 17.9 Å². The summed E-state index contributed by atoms with van der Waals surface area (Å²) in [5, 5.41) is 0. The van der Waals surface area contributed by atoms with Gasteiger partial charge in [-0.2, -0.15) is 0 Å². The van der Waals surface area contributed by atoms with Crippen LogP contribution in [0.15, 0.2) is 62.8 Å². The van der Waals surface area contributed by atoms with Crippen LogP contribution in [0, 0.1) is 0 Å². The minimum absolute atomic E-state index is 0.0703. The van der Waals surface area contributed by atoms with Crippen LogP contribution in [0.4, 0.5) is 0 Å². The van der Waals surface area contributed by atoms with Gasteiger partial charge in [0, 0.05) is 4.47 Å². The van der Waals surface area contributed by atoms with Crippen molar-refractivity contribution in [2.45, 2.75) is 15.9 Å². The molecule has 6 heteroatoms. The Kier molecular flexibility index (Phi) is 4.01. The Morgan fingerprint density at radius 2 is 1.90 bits per heavy atom. The summed E-state index contributed by atoms with van der Waals surface area (Å²) in [5.41, 5.74) is 0. The molecule has 2 aromatic carbocycles. The van der Waals surface area contributed by atoms with Crippen molar-refractivity contribution in [2.75, 3.05) is 13.2 Å². The maximum Gasteiger partial charge on any atom is 0.210 e. The van der Waals surface area contributed by atoms with E-state index in [9.17, 15) is 8.42 Å². The topological polar surface area (TPSA) is 55.9 Å². The van der Waals surface area contributed by atoms with Gasteiger partial charge in [-0.05, 0) is 30.3 Å². The van der Waals surface area contributed by atoms with Gasteiger partial charge < -0.3 is 9.47 Å². The van der Waals surface area contributed by atoms with Gasteiger partial charge >= 0.3 is 0 Å². The molecule has 0 bridgehead atoms. The molecule has 1 saturated heterocycles. The third kappa shape index (κ3) is 3.28. The minimum Gasteiger partial charge on any atom is -0.489 e. The van der Waals surface area contributed by atoms with E-state index in [0.29, 0.717) is 23.4 Å². The third-order valence-electron chi connectivity index (χ3n) is 3.08. The van der Waals surface area contributed by atoms with E-state index in [-0.39, 0.29) is 15.9 Å². The zero-order valence-corrected chi connectivity index (χ0v) is 13.4. The van der Waals surface area contributed by atoms with E-state index < -0.39 is 9.84 Å². The average Bonchev–Trinajstić information content (AvgIpc) is 3.31. The first kappa shape index (κ1) is 14.6. The Morgan fingerprint density at radius 1 is 1.19 bits per heavy atom. The van der Waals surface area contributed by atoms with Crippen LogP contribution in [-0.4, -0.2) is 27.7 Å². The molecule has 1 aliphatic rings. The van der Waals surface area contributed by atoms with Gasteiger partial charge in [-0.25, -0.2) is 8.42 Å². The molecule has 1 aliphatic heterocycles. The Hall–Kier alpha value is -1.37. The molecule has 0 radical (unpaired) electrons. The summed E-state index contributed by atoms with van der Waals surface area (Å²) < 4.78 is 36.8. The standard InChI is InChI=1S/C15H13BrO4S/c16-11-6-7-14(20-10-12-9-19-12)15(8-11)21(17,18)13-4-2-1-3-5-13/h1-8,12H,9-10H2. The molecule has 0 amide bonds. The lowest BCUT2D eigenvalue weighted by Crippen LogP contribution is -2.09. The summed E-state index contributed by atoms with van der Waals surface area (Å²) >= 11 is 3.31. The van der Waals surface area contributed by atoms with Crippen molar-refractivity contribution in [1.29, 1.82) is 0 Å². The van der Waals surface area contributed by atoms with Crippen molar-refractivity contribution in [3.8, 4) is 5.75 Å². The lowest BCUT2D eigenvalue weighted by atomic mass is 10.3. The molecule has 110 valence electrons. The highest BCUT2D eigenvalue weighted by molar-refractivity contribution is 9.10. The number of sulfone groups is 1. The van der Waals surface area contributed by atoms with Gasteiger partial charge in [-0.15, -0.1) is 0 Å². The summed E-state index contributed by atoms with van der Waals surface area (Å²) in [6, 6.07) is 13.3. The number of epoxide rings is 1. The fourth-order valence-corrected chi connectivity index (χ4v) is 3.84. The number of benzene rings is 2. The van der Waals surface area contributed by atoms with Crippen molar-refractivity contribution in [1.82, 2.24) is 0 Å². The zero-order chi connectivity index (χ0) is 14.9. The van der Waals surface area contributed by atoms with Crippen molar-refractivity contribution in [3.63, 3.8) is 0 Å². The Bertz CT molecular complexity index is 740. The van der Waals surface area contributed by atoms with Crippen molar-refractivity contribution >= 4 is 25.8 Å². The first-order chi connectivity index (χ1) is 10.1. The molecular formula is C15H13BrO4S. The van der Waals surface area contributed by atoms with Crippen LogP contribution in [-0.2, 0) is 14.6 Å². The molecule has 0 aromatic heterocycles. The van der Waals surface area contributed by atoms with Crippen LogP contribution < -0.4 is 4.74 Å². The molecular weight excluding hydrogens is 356 g/mol. The second-order valence-electron chi connectivity index (χ2n) is 4.67. The second-order valence-corrected chi connectivity index (χ2v) is 7.51. The second kappa shape index (κ2) is 5.79. The molecule has 3 rings (SSSR count). The number of ether oxygens (including phenoxy) is 2. The van der Waals surface area contributed by atoms with E-state index in [2.05, 4.69) is 15.9 Å². The van der Waals surface area contributed by atoms with E-state index in [4.69, 9.17) is 9.47 Å². The predicted octanol–water partition coefficient (Wildman–Crippen LogP) is 3.06. The van der Waals surface area contributed by atoms with Crippen LogP contribution in [0.25, 0.3) is 0 Å². The van der Waals surface area contributed by atoms with Crippen LogP contribution in [0.5, 0.6) is 5.75 Å². The Morgan fingerprint density at radius 3 is 2.57 bits per heavy atom. The van der Waals surface area contributed by atoms with Gasteiger partial charge in [0.1, 0.15) is 23.4 Å². The van der Waals surface area contributed by atoms with Crippen LogP contribution in [0.3, 0.4) is 0 Å². The Labute approximate surface area is 131 Å². The largest absolute Gasteiger partial charge is 0.489 e. The van der Waals surface area contributed by atoms with Gasteiger partial charge in [0.25, 0.3) is 0 Å². The fourth-order valence-electron chi connectivity index (χ4n) is 1.88. The van der Waals surface area contributed by atoms with Gasteiger partial charge in [0.15, 0.2) is 0 Å². The molecule has 0 saturated carbocycles. The van der Waals surface area contributed by atoms with Gasteiger partial charge in [0.2, 0.25) is 9.84 Å². The Balaban J connectivity index is 2.01. The lowest BCUT2D eigenvalue weighted by molar-refractivity contribution is 0.258. The molecule has 21 heavy (non-hydrogen) atoms. The fraction of sp³-hybridized carbons (Fsp3) is 0.200. The normalized spacial score (nSPS) is 17.5. The average molecular weight is 369 g/mol. The van der Waals surface area contributed by atoms with E-state index >= 15 is 0 Å². The molecule has 1 atom stereocenters. The highest BCUT2D eigenvalue weighted by Gasteiger charge is 2.26. The predicted molar refractivity (Wildman–Crippen MR) is 81.3 cm³/mol. The van der Waals surface area contributed by atoms with Crippen LogP contribution >= 0.6 is 15.9 Å². The molecule has 0 spiro atoms. The molecule has 1 unspecified atom stereocenters. The number of hydrogen-bond acceptors (Lipinski definition) is 4. The third-order valence-corrected chi connectivity index (χ3v) is 5.36. The van der Waals surface area contributed by atoms with Gasteiger partial charge in [-0.1, -0.05) is 34.1 Å². The highest BCUT2D eigenvalue weighted by Crippen LogP contribution is 2.32. The summed E-state index contributed by atoms with van der Waals surface area (Å²) in [5.74, 6) is 0.345. The summed E-state index contributed by atoms with van der Waals surface area (Å²) in [6.07, 6.45) is 0.0703. The molecule has 1 fully saturated rings. The monoisotopic (exact) mass is 368 g/mol. The van der Waals surface area contributed by atoms with Crippen LogP contribution in [0.2, 0.25) is 0 Å². The van der Waals surface area contributed by atoms with Crippen molar-refractivity contribution in [2.24, 2.45) is 0 Å². The molecule has 4 nitrogen and oxygen atoms in total. The van der Waals surface area contributed by atoms with E-state index in [1.807, 2.05) is 0 Å². The number of halogens is 1. The van der Waals surface area contributed by atoms with E-state index in [0.717, 1.165) is 0 Å². The van der Waals surface area contributed by atoms with Gasteiger partial charge in [-0.3, -0.25) is 0 Å². The first-order valence-corrected chi connectivity index (χ1v) is 8.69. The van der Waals surface area contributed by atoms with Crippen LogP contribution in [0.1, 0.15) is 0 Å². The summed E-state index contributed by atoms with van der Waals surface area (Å²) in [6.45, 7) is 1.02. The summed E-state index contributed by atoms with van der Waals surface area (Å²) in [7, 11) is -3.62. The SMILES string of the molecule is O=S(=O)(c1ccccc1)c1cc(Br)ccc1OCC1CO1. The zero-order valence-electron chi connectivity index (χ0n) is 11.0. The van der Waals surface area contributed by atoms with Gasteiger partial charge in [0.05, 0.1) is 11.5 Å². The quantitative estimate of drug-likeness (QED) is 0.761. The maximum atomic E-state index is 12.7. The number of rotatable bonds is 5. The summed E-state index contributed by atoms with van der Waals surface area (Å²) in [4.78, 5) is 0.402. The molecule has 1 heterocycles. The van der Waals surface area contributed by atoms with Crippen molar-refractivity contribution in [3.05, 3.63) is 53.0 Å². The first-order valence-electron chi connectivity index (χ1n) is 6.41. The number of hydrogen-bond donors (Lipinski definition) is 0. The minimum atomic E-state index is -3.62. The maximum absolute atomic E-state index is 12.7. The smallest absolute Gasteiger partial charge is 0.210 e. The molecule has 0 N–H and O–H groups in total. The molecule has 0 aliphatic carbocycles.